The van der Waals surface area contributed by atoms with Gasteiger partial charge in [0, 0.05) is 36.2 Å². The highest BCUT2D eigenvalue weighted by atomic mass is 16.5. The van der Waals surface area contributed by atoms with Gasteiger partial charge in [0.1, 0.15) is 18.1 Å². The lowest BCUT2D eigenvalue weighted by Crippen LogP contribution is -2.06. The van der Waals surface area contributed by atoms with Crippen LogP contribution in [0.4, 0.5) is 0 Å². The minimum absolute atomic E-state index is 0.0323. The van der Waals surface area contributed by atoms with Gasteiger partial charge in [-0.3, -0.25) is 0 Å². The molecule has 0 amide bonds. The average Bonchev–Trinajstić information content (AvgIpc) is 3.40. The van der Waals surface area contributed by atoms with E-state index in [1.807, 2.05) is 49.9 Å². The molecule has 7 nitrogen and oxygen atoms in total. The largest absolute Gasteiger partial charge is 0.490 e. The maximum Gasteiger partial charge on any atom is 0.258 e. The Morgan fingerprint density at radius 1 is 1.26 bits per heavy atom. The Hall–Kier alpha value is -3.92. The van der Waals surface area contributed by atoms with Crippen molar-refractivity contribution < 1.29 is 14.1 Å². The summed E-state index contributed by atoms with van der Waals surface area (Å²) in [5.74, 6) is 1.32. The van der Waals surface area contributed by atoms with E-state index in [2.05, 4.69) is 16.2 Å². The monoisotopic (exact) mass is 414 g/mol. The molecule has 2 aromatic heterocycles. The lowest BCUT2D eigenvalue weighted by molar-refractivity contribution is -0.107. The lowest BCUT2D eigenvalue weighted by atomic mass is 10.0. The van der Waals surface area contributed by atoms with Crippen molar-refractivity contribution in [3.8, 4) is 34.7 Å². The minimum Gasteiger partial charge on any atom is -0.490 e. The van der Waals surface area contributed by atoms with E-state index < -0.39 is 0 Å². The fraction of sp³-hybridized carbons (Fsp3) is 0.250. The quantitative estimate of drug-likeness (QED) is 0.407. The zero-order valence-electron chi connectivity index (χ0n) is 17.6. The number of ether oxygens (including phenoxy) is 1. The summed E-state index contributed by atoms with van der Waals surface area (Å²) in [6.07, 6.45) is 4.04. The van der Waals surface area contributed by atoms with E-state index in [1.165, 1.54) is 0 Å². The highest BCUT2D eigenvalue weighted by Crippen LogP contribution is 2.32. The van der Waals surface area contributed by atoms with Gasteiger partial charge in [0.15, 0.2) is 0 Å². The molecule has 4 aromatic rings. The Balaban J connectivity index is 1.73. The fourth-order valence-corrected chi connectivity index (χ4v) is 3.65. The van der Waals surface area contributed by atoms with Crippen molar-refractivity contribution >= 4 is 17.2 Å². The topological polar surface area (TPSA) is 93.9 Å². The van der Waals surface area contributed by atoms with E-state index in [9.17, 15) is 10.1 Å². The predicted molar refractivity (Wildman–Crippen MR) is 117 cm³/mol. The SMILES string of the molecule is CC(C)Oc1ccc(-c2nc(-c3ccc(CCC=O)c4ccn(C)c34)no2)cc1C#N. The summed E-state index contributed by atoms with van der Waals surface area (Å²) in [5.41, 5.74) is 3.99. The summed E-state index contributed by atoms with van der Waals surface area (Å²) in [6, 6.07) is 13.4. The van der Waals surface area contributed by atoms with Gasteiger partial charge in [0.05, 0.1) is 17.2 Å². The molecule has 0 aliphatic rings. The molecule has 2 aromatic carbocycles. The Kier molecular flexibility index (Phi) is 5.54. The summed E-state index contributed by atoms with van der Waals surface area (Å²) < 4.78 is 13.2. The minimum atomic E-state index is -0.0323. The molecule has 0 N–H and O–H groups in total. The molecule has 0 radical (unpaired) electrons. The van der Waals surface area contributed by atoms with E-state index in [0.717, 1.165) is 28.3 Å². The number of nitriles is 1. The van der Waals surface area contributed by atoms with Gasteiger partial charge in [0.25, 0.3) is 5.89 Å². The van der Waals surface area contributed by atoms with Crippen LogP contribution in [0.25, 0.3) is 33.7 Å². The van der Waals surface area contributed by atoms with Crippen molar-refractivity contribution in [1.29, 1.82) is 5.26 Å². The number of hydrogen-bond donors (Lipinski definition) is 0. The smallest absolute Gasteiger partial charge is 0.258 e. The first-order valence-corrected chi connectivity index (χ1v) is 10.1. The van der Waals surface area contributed by atoms with Gasteiger partial charge < -0.3 is 18.6 Å². The average molecular weight is 414 g/mol. The number of fused-ring (bicyclic) bond motifs is 1. The first kappa shape index (κ1) is 20.4. The lowest BCUT2D eigenvalue weighted by Gasteiger charge is -2.11. The normalized spacial score (nSPS) is 11.1. The van der Waals surface area contributed by atoms with Crippen LogP contribution >= 0.6 is 0 Å². The molecule has 0 fully saturated rings. The molecule has 0 saturated heterocycles. The molecule has 7 heteroatoms. The van der Waals surface area contributed by atoms with Gasteiger partial charge in [-0.1, -0.05) is 11.2 Å². The Labute approximate surface area is 179 Å². The summed E-state index contributed by atoms with van der Waals surface area (Å²) in [7, 11) is 1.96. The van der Waals surface area contributed by atoms with Crippen LogP contribution in [0.2, 0.25) is 0 Å². The first-order valence-electron chi connectivity index (χ1n) is 10.1. The molecule has 0 bridgehead atoms. The zero-order valence-corrected chi connectivity index (χ0v) is 17.6. The maximum atomic E-state index is 10.8. The van der Waals surface area contributed by atoms with Crippen LogP contribution in [0.5, 0.6) is 5.75 Å². The third-order valence-electron chi connectivity index (χ3n) is 5.03. The molecule has 0 aliphatic heterocycles. The molecule has 2 heterocycles. The summed E-state index contributed by atoms with van der Waals surface area (Å²) >= 11 is 0. The van der Waals surface area contributed by atoms with Crippen LogP contribution in [0, 0.1) is 11.3 Å². The molecule has 0 saturated carbocycles. The van der Waals surface area contributed by atoms with Gasteiger partial charge in [-0.2, -0.15) is 10.2 Å². The van der Waals surface area contributed by atoms with E-state index in [0.29, 0.717) is 41.4 Å². The standard InChI is InChI=1S/C24H22N4O3/c1-15(2)30-21-9-7-17(13-18(21)14-25)24-26-23(27-31-24)20-8-6-16(5-4-12-29)19-10-11-28(3)22(19)20/h6-13,15H,4-5H2,1-3H3. The van der Waals surface area contributed by atoms with Gasteiger partial charge >= 0.3 is 0 Å². The summed E-state index contributed by atoms with van der Waals surface area (Å²) in [6.45, 7) is 3.82. The Bertz CT molecular complexity index is 1290. The van der Waals surface area contributed by atoms with Crippen molar-refractivity contribution in [1.82, 2.24) is 14.7 Å². The van der Waals surface area contributed by atoms with Crippen molar-refractivity contribution in [2.24, 2.45) is 7.05 Å². The Morgan fingerprint density at radius 3 is 2.84 bits per heavy atom. The molecule has 4 rings (SSSR count). The number of aldehydes is 1. The molecule has 156 valence electrons. The molecule has 0 spiro atoms. The van der Waals surface area contributed by atoms with Gasteiger partial charge in [-0.25, -0.2) is 0 Å². The van der Waals surface area contributed by atoms with Crippen LogP contribution in [0.15, 0.2) is 47.1 Å². The van der Waals surface area contributed by atoms with Crippen molar-refractivity contribution in [3.63, 3.8) is 0 Å². The number of rotatable bonds is 7. The van der Waals surface area contributed by atoms with Gasteiger partial charge in [-0.15, -0.1) is 0 Å². The molecule has 0 aliphatic carbocycles. The number of nitrogens with zero attached hydrogens (tertiary/aromatic N) is 4. The Morgan fingerprint density at radius 2 is 2.10 bits per heavy atom. The van der Waals surface area contributed by atoms with Crippen molar-refractivity contribution in [3.05, 3.63) is 53.7 Å². The third-order valence-corrected chi connectivity index (χ3v) is 5.03. The van der Waals surface area contributed by atoms with Crippen molar-refractivity contribution in [2.75, 3.05) is 0 Å². The molecule has 0 atom stereocenters. The number of aryl methyl sites for hydroxylation is 2. The molecular formula is C24H22N4O3. The predicted octanol–water partition coefficient (Wildman–Crippen LogP) is 4.69. The number of carbonyl (C=O) groups is 1. The van der Waals surface area contributed by atoms with Crippen LogP contribution < -0.4 is 4.74 Å². The first-order chi connectivity index (χ1) is 15.0. The summed E-state index contributed by atoms with van der Waals surface area (Å²) in [5, 5.41) is 14.7. The van der Waals surface area contributed by atoms with E-state index in [-0.39, 0.29) is 6.10 Å². The van der Waals surface area contributed by atoms with Crippen LogP contribution in [0.3, 0.4) is 0 Å². The van der Waals surface area contributed by atoms with Gasteiger partial charge in [-0.05, 0) is 56.2 Å². The highest BCUT2D eigenvalue weighted by Gasteiger charge is 2.18. The number of benzene rings is 2. The molecule has 0 unspecified atom stereocenters. The third kappa shape index (κ3) is 3.92. The van der Waals surface area contributed by atoms with E-state index >= 15 is 0 Å². The van der Waals surface area contributed by atoms with Crippen LogP contribution in [-0.2, 0) is 18.3 Å². The van der Waals surface area contributed by atoms with Crippen LogP contribution in [0.1, 0.15) is 31.4 Å². The second-order valence-electron chi connectivity index (χ2n) is 7.58. The number of hydrogen-bond acceptors (Lipinski definition) is 6. The fourth-order valence-electron chi connectivity index (χ4n) is 3.65. The molecular weight excluding hydrogens is 392 g/mol. The number of aromatic nitrogens is 3. The second-order valence-corrected chi connectivity index (χ2v) is 7.58. The van der Waals surface area contributed by atoms with Crippen LogP contribution in [-0.4, -0.2) is 27.1 Å². The zero-order chi connectivity index (χ0) is 22.0. The van der Waals surface area contributed by atoms with Gasteiger partial charge in [0.2, 0.25) is 5.82 Å². The highest BCUT2D eigenvalue weighted by molar-refractivity contribution is 5.95. The maximum absolute atomic E-state index is 10.8. The van der Waals surface area contributed by atoms with E-state index in [1.54, 1.807) is 18.2 Å². The second kappa shape index (κ2) is 8.44. The summed E-state index contributed by atoms with van der Waals surface area (Å²) in [4.78, 5) is 15.4. The number of carbonyl (C=O) groups excluding carboxylic acids is 1. The van der Waals surface area contributed by atoms with E-state index in [4.69, 9.17) is 9.26 Å². The van der Waals surface area contributed by atoms with Crippen molar-refractivity contribution in [2.45, 2.75) is 32.8 Å². The molecule has 31 heavy (non-hydrogen) atoms.